The number of likely N-dealkylation sites (N-methyl/N-ethyl adjacent to an activating group) is 1. The average Bonchev–Trinajstić information content (AvgIpc) is 2.93. The molecule has 2 rings (SSSR count). The van der Waals surface area contributed by atoms with Crippen LogP contribution >= 0.6 is 11.3 Å². The average molecular weight is 275 g/mol. The number of hydrogen-bond donors (Lipinski definition) is 1. The van der Waals surface area contributed by atoms with Crippen LogP contribution in [0.1, 0.15) is 17.7 Å². The van der Waals surface area contributed by atoms with Crippen molar-refractivity contribution in [3.63, 3.8) is 0 Å². The van der Waals surface area contributed by atoms with Gasteiger partial charge in [-0.1, -0.05) is 30.3 Å². The molecule has 0 amide bonds. The molecule has 0 fully saturated rings. The molecule has 102 valence electrons. The maximum absolute atomic E-state index is 5.91. The number of aromatic nitrogens is 1. The zero-order valence-electron chi connectivity index (χ0n) is 11.3. The van der Waals surface area contributed by atoms with Crippen molar-refractivity contribution in [2.75, 3.05) is 13.6 Å². The summed E-state index contributed by atoms with van der Waals surface area (Å²) in [6.07, 6.45) is 2.16. The Morgan fingerprint density at radius 2 is 2.11 bits per heavy atom. The minimum atomic E-state index is 0.405. The fraction of sp³-hybridized carbons (Fsp3) is 0.400. The molecule has 0 aliphatic carbocycles. The number of benzene rings is 1. The van der Waals surface area contributed by atoms with Crippen LogP contribution in [0.4, 0.5) is 0 Å². The maximum Gasteiger partial charge on any atom is 0.0795 e. The van der Waals surface area contributed by atoms with E-state index in [0.717, 1.165) is 25.1 Å². The molecule has 1 aromatic carbocycles. The van der Waals surface area contributed by atoms with Gasteiger partial charge in [-0.2, -0.15) is 0 Å². The van der Waals surface area contributed by atoms with Gasteiger partial charge in [-0.15, -0.1) is 11.3 Å². The van der Waals surface area contributed by atoms with Crippen LogP contribution < -0.4 is 5.73 Å². The van der Waals surface area contributed by atoms with E-state index in [4.69, 9.17) is 5.73 Å². The molecule has 0 saturated heterocycles. The molecule has 2 N–H and O–H groups in total. The molecule has 2 aromatic rings. The highest BCUT2D eigenvalue weighted by Crippen LogP contribution is 2.11. The van der Waals surface area contributed by atoms with Crippen LogP contribution in [0.3, 0.4) is 0 Å². The Bertz CT molecular complexity index is 456. The van der Waals surface area contributed by atoms with Crippen molar-refractivity contribution < 1.29 is 0 Å². The lowest BCUT2D eigenvalue weighted by Gasteiger charge is -2.26. The van der Waals surface area contributed by atoms with Crippen LogP contribution in [0.2, 0.25) is 0 Å². The third kappa shape index (κ3) is 4.42. The summed E-state index contributed by atoms with van der Waals surface area (Å²) in [5.74, 6) is 0. The lowest BCUT2D eigenvalue weighted by atomic mass is 10.0. The summed E-state index contributed by atoms with van der Waals surface area (Å²) in [5, 5.41) is 2.10. The normalized spacial score (nSPS) is 12.8. The van der Waals surface area contributed by atoms with E-state index >= 15 is 0 Å². The first-order valence-corrected chi connectivity index (χ1v) is 7.55. The van der Waals surface area contributed by atoms with Crippen molar-refractivity contribution in [2.45, 2.75) is 25.4 Å². The van der Waals surface area contributed by atoms with Crippen molar-refractivity contribution in [3.05, 3.63) is 52.5 Å². The number of nitrogens with two attached hydrogens (primary N) is 1. The highest BCUT2D eigenvalue weighted by atomic mass is 32.1. The summed E-state index contributed by atoms with van der Waals surface area (Å²) in [6, 6.07) is 11.0. The van der Waals surface area contributed by atoms with E-state index < -0.39 is 0 Å². The molecule has 1 unspecified atom stereocenters. The maximum atomic E-state index is 5.91. The molecule has 0 aliphatic heterocycles. The number of nitrogens with zero attached hydrogens (tertiary/aromatic N) is 2. The van der Waals surface area contributed by atoms with Crippen molar-refractivity contribution >= 4 is 11.3 Å². The molecule has 0 aliphatic rings. The Morgan fingerprint density at radius 3 is 2.74 bits per heavy atom. The Labute approximate surface area is 119 Å². The molecule has 3 nitrogen and oxygen atoms in total. The minimum Gasteiger partial charge on any atom is -0.329 e. The van der Waals surface area contributed by atoms with Gasteiger partial charge in [-0.05, 0) is 25.5 Å². The van der Waals surface area contributed by atoms with E-state index in [0.29, 0.717) is 12.6 Å². The van der Waals surface area contributed by atoms with Gasteiger partial charge >= 0.3 is 0 Å². The van der Waals surface area contributed by atoms with E-state index in [9.17, 15) is 0 Å². The van der Waals surface area contributed by atoms with Crippen molar-refractivity contribution in [2.24, 2.45) is 5.73 Å². The summed E-state index contributed by atoms with van der Waals surface area (Å²) in [7, 11) is 2.13. The third-order valence-corrected chi connectivity index (χ3v) is 4.03. The van der Waals surface area contributed by atoms with Crippen molar-refractivity contribution in [1.29, 1.82) is 0 Å². The second kappa shape index (κ2) is 7.38. The quantitative estimate of drug-likeness (QED) is 0.844. The molecule has 1 aromatic heterocycles. The molecule has 1 atom stereocenters. The van der Waals surface area contributed by atoms with Crippen LogP contribution in [0.15, 0.2) is 41.2 Å². The molecular weight excluding hydrogens is 254 g/mol. The zero-order chi connectivity index (χ0) is 13.5. The largest absolute Gasteiger partial charge is 0.329 e. The predicted molar refractivity (Wildman–Crippen MR) is 81.2 cm³/mol. The highest BCUT2D eigenvalue weighted by Gasteiger charge is 2.14. The van der Waals surface area contributed by atoms with Crippen LogP contribution in [0.5, 0.6) is 0 Å². The van der Waals surface area contributed by atoms with Crippen LogP contribution in [0.25, 0.3) is 0 Å². The van der Waals surface area contributed by atoms with E-state index in [2.05, 4.69) is 52.6 Å². The number of aryl methyl sites for hydroxylation is 1. The first kappa shape index (κ1) is 14.2. The fourth-order valence-electron chi connectivity index (χ4n) is 2.20. The Kier molecular flexibility index (Phi) is 5.51. The second-order valence-electron chi connectivity index (χ2n) is 4.81. The lowest BCUT2D eigenvalue weighted by Crippen LogP contribution is -2.37. The van der Waals surface area contributed by atoms with E-state index in [-0.39, 0.29) is 0 Å². The van der Waals surface area contributed by atoms with Gasteiger partial charge in [0.05, 0.1) is 11.2 Å². The van der Waals surface area contributed by atoms with Gasteiger partial charge in [0.25, 0.3) is 0 Å². The van der Waals surface area contributed by atoms with Gasteiger partial charge in [0, 0.05) is 24.5 Å². The second-order valence-corrected chi connectivity index (χ2v) is 5.53. The summed E-state index contributed by atoms with van der Waals surface area (Å²) in [4.78, 5) is 6.63. The monoisotopic (exact) mass is 275 g/mol. The number of rotatable bonds is 7. The van der Waals surface area contributed by atoms with E-state index in [1.54, 1.807) is 11.3 Å². The molecule has 0 saturated carbocycles. The predicted octanol–water partition coefficient (Wildman–Crippen LogP) is 2.54. The number of thiazole rings is 1. The van der Waals surface area contributed by atoms with Gasteiger partial charge in [-0.25, -0.2) is 4.98 Å². The molecular formula is C15H21N3S. The van der Waals surface area contributed by atoms with E-state index in [1.807, 2.05) is 5.51 Å². The Morgan fingerprint density at radius 1 is 1.32 bits per heavy atom. The summed E-state index contributed by atoms with van der Waals surface area (Å²) in [6.45, 7) is 1.56. The van der Waals surface area contributed by atoms with Gasteiger partial charge < -0.3 is 5.73 Å². The molecule has 1 heterocycles. The smallest absolute Gasteiger partial charge is 0.0795 e. The SMILES string of the molecule is CN(Cc1cscn1)C(CN)CCc1ccccc1. The van der Waals surface area contributed by atoms with Gasteiger partial charge in [0.15, 0.2) is 0 Å². The lowest BCUT2D eigenvalue weighted by molar-refractivity contribution is 0.225. The highest BCUT2D eigenvalue weighted by molar-refractivity contribution is 7.07. The van der Waals surface area contributed by atoms with Crippen LogP contribution in [-0.4, -0.2) is 29.5 Å². The topological polar surface area (TPSA) is 42.2 Å². The first-order chi connectivity index (χ1) is 9.29. The number of hydrogen-bond acceptors (Lipinski definition) is 4. The van der Waals surface area contributed by atoms with Crippen LogP contribution in [-0.2, 0) is 13.0 Å². The third-order valence-electron chi connectivity index (χ3n) is 3.40. The standard InChI is InChI=1S/C15H21N3S/c1-18(10-14-11-19-12-17-14)15(9-16)8-7-13-5-3-2-4-6-13/h2-6,11-12,15H,7-10,16H2,1H3. The van der Waals surface area contributed by atoms with Gasteiger partial charge in [-0.3, -0.25) is 4.90 Å². The fourth-order valence-corrected chi connectivity index (χ4v) is 2.75. The minimum absolute atomic E-state index is 0.405. The van der Waals surface area contributed by atoms with Crippen molar-refractivity contribution in [1.82, 2.24) is 9.88 Å². The molecule has 0 bridgehead atoms. The first-order valence-electron chi connectivity index (χ1n) is 6.61. The molecule has 19 heavy (non-hydrogen) atoms. The molecule has 0 radical (unpaired) electrons. The zero-order valence-corrected chi connectivity index (χ0v) is 12.1. The van der Waals surface area contributed by atoms with Gasteiger partial charge in [0.1, 0.15) is 0 Å². The summed E-state index contributed by atoms with van der Waals surface area (Å²) >= 11 is 1.64. The van der Waals surface area contributed by atoms with Crippen molar-refractivity contribution in [3.8, 4) is 0 Å². The summed E-state index contributed by atoms with van der Waals surface area (Å²) in [5.41, 5.74) is 10.3. The van der Waals surface area contributed by atoms with Gasteiger partial charge in [0.2, 0.25) is 0 Å². The molecule has 0 spiro atoms. The Balaban J connectivity index is 1.85. The Hall–Kier alpha value is -1.23. The summed E-state index contributed by atoms with van der Waals surface area (Å²) < 4.78 is 0. The molecule has 4 heteroatoms. The van der Waals surface area contributed by atoms with Crippen LogP contribution in [0, 0.1) is 0 Å². The van der Waals surface area contributed by atoms with E-state index in [1.165, 1.54) is 5.56 Å².